The molecule has 0 amide bonds. The number of phenolic OH excluding ortho intramolecular Hbond substituents is 1. The van der Waals surface area contributed by atoms with Crippen LogP contribution in [0.25, 0.3) is 11.1 Å². The summed E-state index contributed by atoms with van der Waals surface area (Å²) in [4.78, 5) is 2.23. The molecule has 0 unspecified atom stereocenters. The summed E-state index contributed by atoms with van der Waals surface area (Å²) in [6, 6.07) is 9.73. The van der Waals surface area contributed by atoms with E-state index in [0.29, 0.717) is 12.0 Å². The number of benzene rings is 2. The van der Waals surface area contributed by atoms with Crippen LogP contribution in [0.2, 0.25) is 0 Å². The smallest absolute Gasteiger partial charge is 0.389 e. The van der Waals surface area contributed by atoms with E-state index in [9.17, 15) is 27.1 Å². The second-order valence-corrected chi connectivity index (χ2v) is 11.3. The molecule has 0 spiro atoms. The molecule has 2 nitrogen and oxygen atoms in total. The lowest BCUT2D eigenvalue weighted by Gasteiger charge is -2.18. The highest BCUT2D eigenvalue weighted by molar-refractivity contribution is 7.99. The number of halogens is 5. The van der Waals surface area contributed by atoms with E-state index >= 15 is 0 Å². The van der Waals surface area contributed by atoms with E-state index < -0.39 is 18.4 Å². The molecule has 1 aliphatic rings. The fourth-order valence-electron chi connectivity index (χ4n) is 5.02. The zero-order valence-electron chi connectivity index (χ0n) is 22.1. The number of hydrogen-bond acceptors (Lipinski definition) is 3. The number of alkyl halides is 3. The van der Waals surface area contributed by atoms with Crippen molar-refractivity contribution in [3.63, 3.8) is 0 Å². The molecule has 2 aromatic carbocycles. The molecule has 210 valence electrons. The summed E-state index contributed by atoms with van der Waals surface area (Å²) >= 11 is 1.36. The predicted octanol–water partition coefficient (Wildman–Crippen LogP) is 8.88. The summed E-state index contributed by atoms with van der Waals surface area (Å²) in [7, 11) is 2.05. The van der Waals surface area contributed by atoms with E-state index in [0.717, 1.165) is 92.5 Å². The van der Waals surface area contributed by atoms with Crippen molar-refractivity contribution < 1.29 is 27.1 Å². The van der Waals surface area contributed by atoms with Crippen molar-refractivity contribution in [3.05, 3.63) is 64.7 Å². The van der Waals surface area contributed by atoms with Crippen molar-refractivity contribution in [3.8, 4) is 5.75 Å². The van der Waals surface area contributed by atoms with Crippen LogP contribution < -0.4 is 0 Å². The molecule has 1 aliphatic carbocycles. The molecule has 38 heavy (non-hydrogen) atoms. The van der Waals surface area contributed by atoms with Crippen LogP contribution in [-0.4, -0.2) is 47.8 Å². The number of phenols is 1. The maximum absolute atomic E-state index is 14.8. The SMILES string of the molecule is CN(CCCCCCC1=C(c2ccc(F)cc2)CCCc2c1ccc(O)c2F)CCCSCCC(F)(F)F. The Bertz CT molecular complexity index is 1050. The molecule has 1 N–H and O–H groups in total. The van der Waals surface area contributed by atoms with Crippen LogP contribution in [0.5, 0.6) is 5.75 Å². The van der Waals surface area contributed by atoms with Crippen LogP contribution in [0.4, 0.5) is 22.0 Å². The van der Waals surface area contributed by atoms with E-state index in [1.807, 2.05) is 13.1 Å². The predicted molar refractivity (Wildman–Crippen MR) is 147 cm³/mol. The number of aromatic hydroxyl groups is 1. The Labute approximate surface area is 227 Å². The van der Waals surface area contributed by atoms with Crippen LogP contribution in [0.15, 0.2) is 36.4 Å². The van der Waals surface area contributed by atoms with E-state index in [4.69, 9.17) is 0 Å². The van der Waals surface area contributed by atoms with Gasteiger partial charge in [0.25, 0.3) is 0 Å². The molecule has 2 aromatic rings. The lowest BCUT2D eigenvalue weighted by Crippen LogP contribution is -2.21. The minimum Gasteiger partial charge on any atom is -0.505 e. The van der Waals surface area contributed by atoms with Crippen molar-refractivity contribution in [2.45, 2.75) is 70.4 Å². The minimum atomic E-state index is -4.07. The second-order valence-electron chi connectivity index (χ2n) is 10.0. The first-order chi connectivity index (χ1) is 18.2. The largest absolute Gasteiger partial charge is 0.505 e. The fourth-order valence-corrected chi connectivity index (χ4v) is 5.94. The van der Waals surface area contributed by atoms with Crippen molar-refractivity contribution in [1.82, 2.24) is 4.90 Å². The van der Waals surface area contributed by atoms with Gasteiger partial charge in [-0.15, -0.1) is 0 Å². The Morgan fingerprint density at radius 3 is 2.32 bits per heavy atom. The van der Waals surface area contributed by atoms with E-state index in [1.165, 1.54) is 30.0 Å². The topological polar surface area (TPSA) is 23.5 Å². The van der Waals surface area contributed by atoms with Gasteiger partial charge < -0.3 is 10.0 Å². The van der Waals surface area contributed by atoms with Crippen molar-refractivity contribution >= 4 is 22.9 Å². The van der Waals surface area contributed by atoms with Gasteiger partial charge in [-0.05, 0) is 117 Å². The zero-order valence-corrected chi connectivity index (χ0v) is 22.9. The van der Waals surface area contributed by atoms with Crippen molar-refractivity contribution in [1.29, 1.82) is 0 Å². The lowest BCUT2D eigenvalue weighted by atomic mass is 9.89. The van der Waals surface area contributed by atoms with Gasteiger partial charge in [-0.1, -0.05) is 31.0 Å². The molecule has 0 saturated heterocycles. The number of nitrogens with zero attached hydrogens (tertiary/aromatic N) is 1. The summed E-state index contributed by atoms with van der Waals surface area (Å²) < 4.78 is 64.9. The Morgan fingerprint density at radius 2 is 1.58 bits per heavy atom. The monoisotopic (exact) mass is 555 g/mol. The van der Waals surface area contributed by atoms with Gasteiger partial charge in [0.2, 0.25) is 0 Å². The Hall–Kier alpha value is -2.06. The Morgan fingerprint density at radius 1 is 0.868 bits per heavy atom. The standard InChI is InChI=1S/C30H38F5NOS/c1-36(19-7-20-38-21-17-30(33,34)35)18-5-3-2-4-8-25-24(22-11-13-23(31)14-12-22)9-6-10-27-26(25)15-16-28(37)29(27)32/h11-16,37H,2-10,17-21H2,1H3. The van der Waals surface area contributed by atoms with Gasteiger partial charge in [0.1, 0.15) is 5.82 Å². The van der Waals surface area contributed by atoms with Crippen LogP contribution in [0.1, 0.15) is 74.5 Å². The number of hydrogen-bond donors (Lipinski definition) is 1. The molecule has 8 heteroatoms. The van der Waals surface area contributed by atoms with Crippen LogP contribution in [-0.2, 0) is 6.42 Å². The van der Waals surface area contributed by atoms with Gasteiger partial charge in [0, 0.05) is 5.75 Å². The first kappa shape index (κ1) is 30.5. The van der Waals surface area contributed by atoms with E-state index in [-0.39, 0.29) is 17.3 Å². The first-order valence-electron chi connectivity index (χ1n) is 13.5. The maximum Gasteiger partial charge on any atom is 0.389 e. The van der Waals surface area contributed by atoms with Crippen molar-refractivity contribution in [2.75, 3.05) is 31.6 Å². The van der Waals surface area contributed by atoms with Gasteiger partial charge in [0.15, 0.2) is 11.6 Å². The quantitative estimate of drug-likeness (QED) is 0.186. The average Bonchev–Trinajstić information content (AvgIpc) is 3.05. The molecular weight excluding hydrogens is 517 g/mol. The van der Waals surface area contributed by atoms with Gasteiger partial charge in [0.05, 0.1) is 6.42 Å². The molecule has 0 heterocycles. The number of fused-ring (bicyclic) bond motifs is 1. The molecule has 0 aromatic heterocycles. The molecule has 0 aliphatic heterocycles. The molecule has 0 atom stereocenters. The summed E-state index contributed by atoms with van der Waals surface area (Å²) in [6.45, 7) is 1.83. The van der Waals surface area contributed by atoms with E-state index in [1.54, 1.807) is 12.1 Å². The lowest BCUT2D eigenvalue weighted by molar-refractivity contribution is -0.129. The zero-order chi connectivity index (χ0) is 27.5. The number of unbranched alkanes of at least 4 members (excludes halogenated alkanes) is 3. The molecule has 0 saturated carbocycles. The van der Waals surface area contributed by atoms with Gasteiger partial charge in [-0.3, -0.25) is 0 Å². The average molecular weight is 556 g/mol. The molecule has 0 bridgehead atoms. The Kier molecular flexibility index (Phi) is 12.0. The number of rotatable bonds is 14. The molecule has 0 radical (unpaired) electrons. The normalized spacial score (nSPS) is 14.2. The molecular formula is C30H38F5NOS. The number of allylic oxidation sites excluding steroid dienone is 2. The van der Waals surface area contributed by atoms with Gasteiger partial charge in [-0.2, -0.15) is 24.9 Å². The second kappa shape index (κ2) is 14.9. The van der Waals surface area contributed by atoms with Crippen LogP contribution in [0, 0.1) is 11.6 Å². The number of thioether (sulfide) groups is 1. The summed E-state index contributed by atoms with van der Waals surface area (Å²) in [5.74, 6) is -0.276. The van der Waals surface area contributed by atoms with E-state index in [2.05, 4.69) is 4.90 Å². The third-order valence-electron chi connectivity index (χ3n) is 7.03. The minimum absolute atomic E-state index is 0.130. The van der Waals surface area contributed by atoms with Crippen LogP contribution >= 0.6 is 11.8 Å². The third kappa shape index (κ3) is 9.60. The summed E-state index contributed by atoms with van der Waals surface area (Å²) in [5.41, 5.74) is 4.59. The summed E-state index contributed by atoms with van der Waals surface area (Å²) in [5, 5.41) is 9.93. The molecule has 3 rings (SSSR count). The highest BCUT2D eigenvalue weighted by Crippen LogP contribution is 2.41. The Balaban J connectivity index is 1.50. The third-order valence-corrected chi connectivity index (χ3v) is 8.10. The van der Waals surface area contributed by atoms with Crippen molar-refractivity contribution in [2.24, 2.45) is 0 Å². The highest BCUT2D eigenvalue weighted by atomic mass is 32.2. The first-order valence-corrected chi connectivity index (χ1v) is 14.6. The fraction of sp³-hybridized carbons (Fsp3) is 0.533. The summed E-state index contributed by atoms with van der Waals surface area (Å²) in [6.07, 6.45) is 3.03. The molecule has 0 fully saturated rings. The maximum atomic E-state index is 14.8. The van der Waals surface area contributed by atoms with Crippen LogP contribution in [0.3, 0.4) is 0 Å². The highest BCUT2D eigenvalue weighted by Gasteiger charge is 2.26. The van der Waals surface area contributed by atoms with Gasteiger partial charge >= 0.3 is 6.18 Å². The van der Waals surface area contributed by atoms with Gasteiger partial charge in [-0.25, -0.2) is 8.78 Å².